The SMILES string of the molecule is OCCCc1nc(-c2cccc([C@H]3COc4ccccc4O3)c2)no1. The van der Waals surface area contributed by atoms with Crippen molar-refractivity contribution in [3.63, 3.8) is 0 Å². The van der Waals surface area contributed by atoms with Crippen LogP contribution in [0.4, 0.5) is 0 Å². The van der Waals surface area contributed by atoms with E-state index in [2.05, 4.69) is 10.1 Å². The Balaban J connectivity index is 1.55. The predicted octanol–water partition coefficient (Wildman–Crippen LogP) is 3.17. The molecule has 1 aliphatic heterocycles. The normalized spacial score (nSPS) is 16.0. The van der Waals surface area contributed by atoms with E-state index < -0.39 is 0 Å². The molecule has 0 aliphatic carbocycles. The Hall–Kier alpha value is -2.86. The van der Waals surface area contributed by atoms with Crippen LogP contribution in [0.2, 0.25) is 0 Å². The number of aromatic nitrogens is 2. The molecule has 0 radical (unpaired) electrons. The average molecular weight is 338 g/mol. The number of hydrogen-bond donors (Lipinski definition) is 1. The van der Waals surface area contributed by atoms with Crippen molar-refractivity contribution in [1.82, 2.24) is 10.1 Å². The van der Waals surface area contributed by atoms with Crippen molar-refractivity contribution in [3.05, 3.63) is 60.0 Å². The Morgan fingerprint density at radius 3 is 2.84 bits per heavy atom. The van der Waals surface area contributed by atoms with Crippen LogP contribution in [0.25, 0.3) is 11.4 Å². The molecule has 1 aliphatic rings. The third-order valence-corrected chi connectivity index (χ3v) is 4.04. The van der Waals surface area contributed by atoms with Crippen LogP contribution in [0.5, 0.6) is 11.5 Å². The number of benzene rings is 2. The van der Waals surface area contributed by atoms with Crippen molar-refractivity contribution in [1.29, 1.82) is 0 Å². The molecule has 0 fully saturated rings. The maximum Gasteiger partial charge on any atom is 0.227 e. The molecule has 0 saturated heterocycles. The minimum atomic E-state index is -0.185. The molecule has 0 amide bonds. The van der Waals surface area contributed by atoms with E-state index in [0.717, 1.165) is 22.6 Å². The highest BCUT2D eigenvalue weighted by molar-refractivity contribution is 5.56. The van der Waals surface area contributed by atoms with Crippen LogP contribution in [0, 0.1) is 0 Å². The lowest BCUT2D eigenvalue weighted by Gasteiger charge is -2.26. The fourth-order valence-corrected chi connectivity index (χ4v) is 2.77. The number of aliphatic hydroxyl groups is 1. The second-order valence-corrected chi connectivity index (χ2v) is 5.83. The van der Waals surface area contributed by atoms with Gasteiger partial charge in [0.05, 0.1) is 0 Å². The minimum Gasteiger partial charge on any atom is -0.485 e. The zero-order chi connectivity index (χ0) is 17.1. The van der Waals surface area contributed by atoms with Gasteiger partial charge in [0.2, 0.25) is 11.7 Å². The van der Waals surface area contributed by atoms with Crippen molar-refractivity contribution in [2.75, 3.05) is 13.2 Å². The van der Waals surface area contributed by atoms with Crippen LogP contribution in [0.15, 0.2) is 53.1 Å². The van der Waals surface area contributed by atoms with Gasteiger partial charge in [-0.2, -0.15) is 4.98 Å². The quantitative estimate of drug-likeness (QED) is 0.770. The Morgan fingerprint density at radius 1 is 1.08 bits per heavy atom. The minimum absolute atomic E-state index is 0.105. The van der Waals surface area contributed by atoms with Crippen molar-refractivity contribution in [3.8, 4) is 22.9 Å². The first-order valence-corrected chi connectivity index (χ1v) is 8.26. The number of nitrogens with zero attached hydrogens (tertiary/aromatic N) is 2. The van der Waals surface area contributed by atoms with Crippen LogP contribution in [-0.2, 0) is 6.42 Å². The lowest BCUT2D eigenvalue weighted by molar-refractivity contribution is 0.0913. The Morgan fingerprint density at radius 2 is 1.96 bits per heavy atom. The van der Waals surface area contributed by atoms with Crippen molar-refractivity contribution in [2.45, 2.75) is 18.9 Å². The maximum atomic E-state index is 8.89. The van der Waals surface area contributed by atoms with Gasteiger partial charge in [0.1, 0.15) is 6.61 Å². The van der Waals surface area contributed by atoms with Crippen molar-refractivity contribution >= 4 is 0 Å². The van der Waals surface area contributed by atoms with Crippen molar-refractivity contribution in [2.24, 2.45) is 0 Å². The lowest BCUT2D eigenvalue weighted by Crippen LogP contribution is -2.21. The van der Waals surface area contributed by atoms with Gasteiger partial charge in [-0.05, 0) is 30.2 Å². The molecule has 4 rings (SSSR count). The van der Waals surface area contributed by atoms with Gasteiger partial charge in [-0.15, -0.1) is 0 Å². The summed E-state index contributed by atoms with van der Waals surface area (Å²) in [5.41, 5.74) is 1.85. The van der Waals surface area contributed by atoms with E-state index in [-0.39, 0.29) is 12.7 Å². The van der Waals surface area contributed by atoms with E-state index in [0.29, 0.717) is 31.2 Å². The number of para-hydroxylation sites is 2. The van der Waals surface area contributed by atoms with Crippen LogP contribution in [-0.4, -0.2) is 28.5 Å². The maximum absolute atomic E-state index is 8.89. The molecule has 6 nitrogen and oxygen atoms in total. The molecule has 1 N–H and O–H groups in total. The van der Waals surface area contributed by atoms with Gasteiger partial charge < -0.3 is 19.1 Å². The molecule has 1 aromatic heterocycles. The third-order valence-electron chi connectivity index (χ3n) is 4.04. The van der Waals surface area contributed by atoms with Gasteiger partial charge in [-0.25, -0.2) is 0 Å². The number of aryl methyl sites for hydroxylation is 1. The zero-order valence-electron chi connectivity index (χ0n) is 13.6. The molecular formula is C19H18N2O4. The fourth-order valence-electron chi connectivity index (χ4n) is 2.77. The molecule has 0 saturated carbocycles. The first-order chi connectivity index (χ1) is 12.3. The molecule has 25 heavy (non-hydrogen) atoms. The van der Waals surface area contributed by atoms with Gasteiger partial charge >= 0.3 is 0 Å². The smallest absolute Gasteiger partial charge is 0.227 e. The van der Waals surface area contributed by atoms with Crippen molar-refractivity contribution < 1.29 is 19.1 Å². The molecular weight excluding hydrogens is 320 g/mol. The third kappa shape index (κ3) is 3.34. The largest absolute Gasteiger partial charge is 0.485 e. The molecule has 128 valence electrons. The summed E-state index contributed by atoms with van der Waals surface area (Å²) in [6.07, 6.45) is 0.990. The molecule has 2 heterocycles. The van der Waals surface area contributed by atoms with Crippen LogP contribution >= 0.6 is 0 Å². The molecule has 6 heteroatoms. The summed E-state index contributed by atoms with van der Waals surface area (Å²) >= 11 is 0. The number of fused-ring (bicyclic) bond motifs is 1. The molecule has 3 aromatic rings. The number of ether oxygens (including phenoxy) is 2. The number of rotatable bonds is 5. The molecule has 0 bridgehead atoms. The number of aliphatic hydroxyl groups excluding tert-OH is 1. The first-order valence-electron chi connectivity index (χ1n) is 8.26. The lowest BCUT2D eigenvalue weighted by atomic mass is 10.1. The summed E-state index contributed by atoms with van der Waals surface area (Å²) in [6.45, 7) is 0.558. The Labute approximate surface area is 145 Å². The average Bonchev–Trinajstić information content (AvgIpc) is 3.15. The van der Waals surface area contributed by atoms with E-state index in [1.807, 2.05) is 48.5 Å². The Kier molecular flexibility index (Phi) is 4.35. The highest BCUT2D eigenvalue weighted by atomic mass is 16.6. The van der Waals surface area contributed by atoms with Gasteiger partial charge in [0.15, 0.2) is 17.6 Å². The summed E-state index contributed by atoms with van der Waals surface area (Å²) in [4.78, 5) is 4.38. The predicted molar refractivity (Wildman–Crippen MR) is 90.4 cm³/mol. The zero-order valence-corrected chi connectivity index (χ0v) is 13.6. The highest BCUT2D eigenvalue weighted by Crippen LogP contribution is 2.36. The van der Waals surface area contributed by atoms with E-state index in [1.54, 1.807) is 0 Å². The first kappa shape index (κ1) is 15.7. The van der Waals surface area contributed by atoms with Gasteiger partial charge in [0, 0.05) is 18.6 Å². The van der Waals surface area contributed by atoms with Crippen LogP contribution in [0.3, 0.4) is 0 Å². The van der Waals surface area contributed by atoms with Gasteiger partial charge in [-0.1, -0.05) is 35.5 Å². The van der Waals surface area contributed by atoms with E-state index in [1.165, 1.54) is 0 Å². The summed E-state index contributed by atoms with van der Waals surface area (Å²) < 4.78 is 17.1. The molecule has 2 aromatic carbocycles. The Bertz CT molecular complexity index is 862. The second-order valence-electron chi connectivity index (χ2n) is 5.83. The number of hydrogen-bond acceptors (Lipinski definition) is 6. The standard InChI is InChI=1S/C19H18N2O4/c22-10-4-9-18-20-19(21-25-18)14-6-3-5-13(11-14)17-12-23-15-7-1-2-8-16(15)24-17/h1-3,5-8,11,17,22H,4,9-10,12H2/t17-/m1/s1. The molecule has 0 spiro atoms. The van der Waals surface area contributed by atoms with Gasteiger partial charge in [-0.3, -0.25) is 0 Å². The summed E-state index contributed by atoms with van der Waals surface area (Å²) in [6, 6.07) is 15.5. The topological polar surface area (TPSA) is 77.6 Å². The summed E-state index contributed by atoms with van der Waals surface area (Å²) in [5, 5.41) is 12.9. The summed E-state index contributed by atoms with van der Waals surface area (Å²) in [5.74, 6) is 2.57. The summed E-state index contributed by atoms with van der Waals surface area (Å²) in [7, 11) is 0. The van der Waals surface area contributed by atoms with E-state index in [9.17, 15) is 0 Å². The van der Waals surface area contributed by atoms with Crippen LogP contribution in [0.1, 0.15) is 24.0 Å². The highest BCUT2D eigenvalue weighted by Gasteiger charge is 2.23. The molecule has 0 unspecified atom stereocenters. The molecule has 1 atom stereocenters. The monoisotopic (exact) mass is 338 g/mol. The van der Waals surface area contributed by atoms with Crippen LogP contribution < -0.4 is 9.47 Å². The fraction of sp³-hybridized carbons (Fsp3) is 0.263. The van der Waals surface area contributed by atoms with E-state index >= 15 is 0 Å². The second kappa shape index (κ2) is 6.94. The van der Waals surface area contributed by atoms with E-state index in [4.69, 9.17) is 19.1 Å². The van der Waals surface area contributed by atoms with Gasteiger partial charge in [0.25, 0.3) is 0 Å².